The Bertz CT molecular complexity index is 254. The van der Waals surface area contributed by atoms with E-state index in [2.05, 4.69) is 10.6 Å². The normalized spacial score (nSPS) is 10.2. The molecular weight excluding hydrogens is 292 g/mol. The van der Waals surface area contributed by atoms with Crippen molar-refractivity contribution in [3.8, 4) is 0 Å². The van der Waals surface area contributed by atoms with E-state index in [1.807, 2.05) is 0 Å². The zero-order valence-electron chi connectivity index (χ0n) is 11.0. The van der Waals surface area contributed by atoms with Crippen LogP contribution < -0.4 is 10.6 Å². The average molecular weight is 312 g/mol. The molecule has 0 bridgehead atoms. The third kappa shape index (κ3) is 11.8. The fourth-order valence-electron chi connectivity index (χ4n) is 0.975. The second-order valence-corrected chi connectivity index (χ2v) is 5.12. The Balaban J connectivity index is 3.47. The van der Waals surface area contributed by atoms with Crippen molar-refractivity contribution in [2.75, 3.05) is 51.0 Å². The maximum absolute atomic E-state index is 11.4. The molecule has 0 aromatic heterocycles. The van der Waals surface area contributed by atoms with Gasteiger partial charge in [-0.3, -0.25) is 0 Å². The fourth-order valence-corrected chi connectivity index (χ4v) is 1.72. The molecule has 0 atom stereocenters. The topological polar surface area (TPSA) is 140 Å². The number of rotatable bonds is 10. The highest BCUT2D eigenvalue weighted by Gasteiger charge is 2.10. The van der Waals surface area contributed by atoms with Gasteiger partial charge in [-0.25, -0.2) is 9.59 Å². The third-order valence-corrected chi connectivity index (χ3v) is 3.09. The van der Waals surface area contributed by atoms with Crippen LogP contribution in [0.5, 0.6) is 0 Å². The van der Waals surface area contributed by atoms with E-state index in [0.29, 0.717) is 0 Å². The van der Waals surface area contributed by atoms with E-state index in [4.69, 9.17) is 19.7 Å². The Hall–Kier alpha value is -1.23. The minimum absolute atomic E-state index is 0.0272. The highest BCUT2D eigenvalue weighted by Crippen LogP contribution is 1.93. The Morgan fingerprint density at radius 2 is 1.35 bits per heavy atom. The molecule has 0 radical (unpaired) electrons. The SMILES string of the molecule is O=C(NCCO)OCC[S+]([O-])CCOC(=O)NCCO. The van der Waals surface area contributed by atoms with Crippen LogP contribution in [0.3, 0.4) is 0 Å². The lowest BCUT2D eigenvalue weighted by molar-refractivity contribution is 0.149. The molecule has 0 saturated carbocycles. The molecule has 0 unspecified atom stereocenters. The van der Waals surface area contributed by atoms with Gasteiger partial charge in [0.2, 0.25) is 0 Å². The van der Waals surface area contributed by atoms with Crippen molar-refractivity contribution in [2.45, 2.75) is 0 Å². The number of aliphatic hydroxyl groups excluding tert-OH is 2. The zero-order valence-corrected chi connectivity index (χ0v) is 11.8. The number of hydrogen-bond donors (Lipinski definition) is 4. The quantitative estimate of drug-likeness (QED) is 0.348. The van der Waals surface area contributed by atoms with Gasteiger partial charge in [0.1, 0.15) is 24.7 Å². The molecule has 20 heavy (non-hydrogen) atoms. The Morgan fingerprint density at radius 3 is 1.70 bits per heavy atom. The molecule has 0 fully saturated rings. The average Bonchev–Trinajstić information content (AvgIpc) is 2.42. The predicted octanol–water partition coefficient (Wildman–Crippen LogP) is -1.83. The van der Waals surface area contributed by atoms with E-state index in [9.17, 15) is 14.1 Å². The molecule has 0 spiro atoms. The van der Waals surface area contributed by atoms with E-state index in [-0.39, 0.29) is 51.0 Å². The highest BCUT2D eigenvalue weighted by atomic mass is 32.2. The number of ether oxygens (including phenoxy) is 2. The van der Waals surface area contributed by atoms with E-state index >= 15 is 0 Å². The summed E-state index contributed by atoms with van der Waals surface area (Å²) in [5.41, 5.74) is 0. The molecule has 118 valence electrons. The number of carbonyl (C=O) groups is 2. The van der Waals surface area contributed by atoms with Gasteiger partial charge < -0.3 is 34.9 Å². The van der Waals surface area contributed by atoms with Gasteiger partial charge in [-0.05, 0) is 11.2 Å². The van der Waals surface area contributed by atoms with Gasteiger partial charge in [0.15, 0.2) is 0 Å². The molecule has 0 aliphatic carbocycles. The van der Waals surface area contributed by atoms with Crippen LogP contribution in [0.15, 0.2) is 0 Å². The van der Waals surface area contributed by atoms with E-state index in [1.165, 1.54) is 0 Å². The van der Waals surface area contributed by atoms with E-state index in [1.54, 1.807) is 0 Å². The van der Waals surface area contributed by atoms with Gasteiger partial charge in [-0.2, -0.15) is 0 Å². The van der Waals surface area contributed by atoms with Gasteiger partial charge in [-0.1, -0.05) is 0 Å². The number of alkyl carbamates (subject to hydrolysis) is 2. The van der Waals surface area contributed by atoms with E-state index < -0.39 is 23.4 Å². The van der Waals surface area contributed by atoms with Crippen LogP contribution in [0.2, 0.25) is 0 Å². The van der Waals surface area contributed by atoms with Gasteiger partial charge >= 0.3 is 12.2 Å². The lowest BCUT2D eigenvalue weighted by Gasteiger charge is -2.12. The third-order valence-electron chi connectivity index (χ3n) is 1.85. The summed E-state index contributed by atoms with van der Waals surface area (Å²) in [6.07, 6.45) is -1.37. The summed E-state index contributed by atoms with van der Waals surface area (Å²) in [6, 6.07) is 0. The van der Waals surface area contributed by atoms with Crippen molar-refractivity contribution in [1.29, 1.82) is 0 Å². The number of aliphatic hydroxyl groups is 2. The van der Waals surface area contributed by atoms with Crippen molar-refractivity contribution < 1.29 is 33.8 Å². The summed E-state index contributed by atoms with van der Waals surface area (Å²) in [4.78, 5) is 21.9. The molecule has 4 N–H and O–H groups in total. The van der Waals surface area contributed by atoms with Crippen LogP contribution in [-0.2, 0) is 20.6 Å². The standard InChI is InChI=1S/C10H20N2O7S/c13-3-1-11-9(15)18-5-7-20(17)8-6-19-10(16)12-2-4-14/h13-14H,1-8H2,(H,11,15)(H,12,16). The maximum Gasteiger partial charge on any atom is 0.407 e. The first-order chi connectivity index (χ1) is 9.60. The lowest BCUT2D eigenvalue weighted by atomic mass is 10.7. The van der Waals surface area contributed by atoms with Gasteiger partial charge in [0.25, 0.3) is 0 Å². The summed E-state index contributed by atoms with van der Waals surface area (Å²) in [6.45, 7) is -0.230. The smallest absolute Gasteiger partial charge is 0.407 e. The van der Waals surface area contributed by atoms with Crippen LogP contribution >= 0.6 is 0 Å². The van der Waals surface area contributed by atoms with Crippen LogP contribution in [-0.4, -0.2) is 78.0 Å². The number of hydrogen-bond acceptors (Lipinski definition) is 7. The molecule has 0 aliphatic heterocycles. The van der Waals surface area contributed by atoms with E-state index in [0.717, 1.165) is 0 Å². The first-order valence-electron chi connectivity index (χ1n) is 5.98. The fraction of sp³-hybridized carbons (Fsp3) is 0.800. The summed E-state index contributed by atoms with van der Waals surface area (Å²) < 4.78 is 20.8. The minimum Gasteiger partial charge on any atom is -0.616 e. The monoisotopic (exact) mass is 312 g/mol. The van der Waals surface area contributed by atoms with Crippen LogP contribution in [0.4, 0.5) is 9.59 Å². The molecule has 0 rings (SSSR count). The first kappa shape index (κ1) is 18.8. The summed E-state index contributed by atoms with van der Waals surface area (Å²) >= 11 is -1.27. The maximum atomic E-state index is 11.4. The molecule has 10 heteroatoms. The molecule has 0 saturated heterocycles. The largest absolute Gasteiger partial charge is 0.616 e. The lowest BCUT2D eigenvalue weighted by Crippen LogP contribution is -2.30. The zero-order chi connectivity index (χ0) is 15.2. The second kappa shape index (κ2) is 12.8. The second-order valence-electron chi connectivity index (χ2n) is 3.42. The number of amides is 2. The van der Waals surface area contributed by atoms with Crippen molar-refractivity contribution in [2.24, 2.45) is 0 Å². The first-order valence-corrected chi connectivity index (χ1v) is 7.47. The van der Waals surface area contributed by atoms with Crippen molar-refractivity contribution >= 4 is 23.4 Å². The summed E-state index contributed by atoms with van der Waals surface area (Å²) in [5.74, 6) is 0.266. The minimum atomic E-state index is -1.27. The van der Waals surface area contributed by atoms with Crippen molar-refractivity contribution in [1.82, 2.24) is 10.6 Å². The summed E-state index contributed by atoms with van der Waals surface area (Å²) in [5, 5.41) is 21.4. The molecule has 2 amide bonds. The molecule has 0 aromatic rings. The van der Waals surface area contributed by atoms with Crippen LogP contribution in [0.25, 0.3) is 0 Å². The number of nitrogens with one attached hydrogen (secondary N) is 2. The Morgan fingerprint density at radius 1 is 0.950 bits per heavy atom. The van der Waals surface area contributed by atoms with Gasteiger partial charge in [0, 0.05) is 13.1 Å². The predicted molar refractivity (Wildman–Crippen MR) is 70.7 cm³/mol. The molecule has 9 nitrogen and oxygen atoms in total. The summed E-state index contributed by atoms with van der Waals surface area (Å²) in [7, 11) is 0. The van der Waals surface area contributed by atoms with Gasteiger partial charge in [-0.15, -0.1) is 0 Å². The van der Waals surface area contributed by atoms with Gasteiger partial charge in [0.05, 0.1) is 13.2 Å². The van der Waals surface area contributed by atoms with Crippen LogP contribution in [0, 0.1) is 0 Å². The number of carbonyl (C=O) groups excluding carboxylic acids is 2. The molecular formula is C10H20N2O7S. The van der Waals surface area contributed by atoms with Crippen molar-refractivity contribution in [3.63, 3.8) is 0 Å². The molecule has 0 heterocycles. The Kier molecular flexibility index (Phi) is 12.0. The van der Waals surface area contributed by atoms with Crippen molar-refractivity contribution in [3.05, 3.63) is 0 Å². The molecule has 0 aliphatic rings. The molecule has 0 aromatic carbocycles. The Labute approximate surface area is 119 Å². The van der Waals surface area contributed by atoms with Crippen LogP contribution in [0.1, 0.15) is 0 Å². The highest BCUT2D eigenvalue weighted by molar-refractivity contribution is 7.91.